The van der Waals surface area contributed by atoms with Crippen molar-refractivity contribution >= 4 is 0 Å². The molecule has 0 saturated heterocycles. The molecule has 1 aromatic rings. The second kappa shape index (κ2) is 3.88. The molecule has 0 aliphatic heterocycles. The molecular weight excluding hydrogens is 162 g/mol. The third kappa shape index (κ3) is 3.55. The maximum atomic E-state index is 8.93. The molecule has 13 heavy (non-hydrogen) atoms. The van der Waals surface area contributed by atoms with Gasteiger partial charge in [0.2, 0.25) is 0 Å². The number of hydrogen-bond acceptors (Lipinski definition) is 2. The molecule has 0 amide bonds. The van der Waals surface area contributed by atoms with Gasteiger partial charge in [0.25, 0.3) is 0 Å². The first-order valence-electron chi connectivity index (χ1n) is 4.56. The van der Waals surface area contributed by atoms with E-state index in [2.05, 4.69) is 25.8 Å². The Morgan fingerprint density at radius 1 is 1.38 bits per heavy atom. The molecule has 0 bridgehead atoms. The smallest absolute Gasteiger partial charge is 0.0683 e. The molecule has 1 aromatic heterocycles. The zero-order valence-electron chi connectivity index (χ0n) is 8.54. The number of nitrogens with zero attached hydrogens (tertiary/aromatic N) is 1. The lowest BCUT2D eigenvalue weighted by molar-refractivity contribution is 0.281. The van der Waals surface area contributed by atoms with Gasteiger partial charge in [-0.25, -0.2) is 0 Å². The summed E-state index contributed by atoms with van der Waals surface area (Å²) in [5.74, 6) is 0. The van der Waals surface area contributed by atoms with E-state index < -0.39 is 0 Å². The second-order valence-corrected chi connectivity index (χ2v) is 4.55. The number of aromatic nitrogens is 1. The highest BCUT2D eigenvalue weighted by Gasteiger charge is 2.11. The predicted octanol–water partition coefficient (Wildman–Crippen LogP) is 2.16. The Morgan fingerprint density at radius 3 is 2.62 bits per heavy atom. The van der Waals surface area contributed by atoms with Crippen LogP contribution in [0.1, 0.15) is 32.0 Å². The zero-order chi connectivity index (χ0) is 9.90. The molecule has 1 N–H and O–H groups in total. The third-order valence-electron chi connectivity index (χ3n) is 1.78. The summed E-state index contributed by atoms with van der Waals surface area (Å²) in [6, 6.07) is 3.80. The summed E-state index contributed by atoms with van der Waals surface area (Å²) in [6.07, 6.45) is 2.70. The number of hydrogen-bond donors (Lipinski definition) is 1. The minimum absolute atomic E-state index is 0.0969. The van der Waals surface area contributed by atoms with Crippen LogP contribution < -0.4 is 0 Å². The van der Waals surface area contributed by atoms with Gasteiger partial charge in [-0.3, -0.25) is 4.98 Å². The number of aliphatic hydroxyl groups is 1. The average Bonchev–Trinajstić information content (AvgIpc) is 2.01. The zero-order valence-corrected chi connectivity index (χ0v) is 8.54. The van der Waals surface area contributed by atoms with E-state index in [9.17, 15) is 0 Å². The van der Waals surface area contributed by atoms with Crippen LogP contribution in [0.15, 0.2) is 18.3 Å². The fourth-order valence-electron chi connectivity index (χ4n) is 1.27. The van der Waals surface area contributed by atoms with Crippen molar-refractivity contribution in [1.29, 1.82) is 0 Å². The molecule has 72 valence electrons. The molecule has 1 rings (SSSR count). The van der Waals surface area contributed by atoms with Crippen LogP contribution in [0.3, 0.4) is 0 Å². The Kier molecular flexibility index (Phi) is 3.04. The normalized spacial score (nSPS) is 11.7. The first kappa shape index (κ1) is 10.2. The van der Waals surface area contributed by atoms with Gasteiger partial charge in [0.1, 0.15) is 0 Å². The van der Waals surface area contributed by atoms with E-state index in [0.29, 0.717) is 0 Å². The quantitative estimate of drug-likeness (QED) is 0.754. The van der Waals surface area contributed by atoms with Crippen LogP contribution in [0.5, 0.6) is 0 Å². The molecule has 2 nitrogen and oxygen atoms in total. The van der Waals surface area contributed by atoms with E-state index >= 15 is 0 Å². The number of rotatable bonds is 2. The van der Waals surface area contributed by atoms with Crippen molar-refractivity contribution in [1.82, 2.24) is 4.98 Å². The van der Waals surface area contributed by atoms with Gasteiger partial charge in [-0.2, -0.15) is 0 Å². The van der Waals surface area contributed by atoms with Gasteiger partial charge in [-0.15, -0.1) is 0 Å². The molecule has 0 aliphatic carbocycles. The third-order valence-corrected chi connectivity index (χ3v) is 1.78. The number of pyridine rings is 1. The van der Waals surface area contributed by atoms with Gasteiger partial charge < -0.3 is 5.11 Å². The Hall–Kier alpha value is -0.890. The molecule has 0 spiro atoms. The monoisotopic (exact) mass is 179 g/mol. The summed E-state index contributed by atoms with van der Waals surface area (Å²) >= 11 is 0. The number of aliphatic hydroxyl groups excluding tert-OH is 1. The molecule has 2 heteroatoms. The molecule has 0 aliphatic rings. The van der Waals surface area contributed by atoms with Crippen molar-refractivity contribution in [3.63, 3.8) is 0 Å². The predicted molar refractivity (Wildman–Crippen MR) is 53.3 cm³/mol. The van der Waals surface area contributed by atoms with Gasteiger partial charge in [-0.05, 0) is 29.5 Å². The Labute approximate surface area is 79.6 Å². The highest BCUT2D eigenvalue weighted by Crippen LogP contribution is 2.19. The highest BCUT2D eigenvalue weighted by molar-refractivity contribution is 5.16. The molecule has 0 saturated carbocycles. The van der Waals surface area contributed by atoms with E-state index in [0.717, 1.165) is 17.7 Å². The lowest BCUT2D eigenvalue weighted by Crippen LogP contribution is -2.10. The van der Waals surface area contributed by atoms with Crippen molar-refractivity contribution < 1.29 is 5.11 Å². The first-order chi connectivity index (χ1) is 6.01. The van der Waals surface area contributed by atoms with Crippen LogP contribution >= 0.6 is 0 Å². The van der Waals surface area contributed by atoms with E-state index in [1.165, 1.54) is 0 Å². The summed E-state index contributed by atoms with van der Waals surface area (Å²) in [5.41, 5.74) is 2.24. The highest BCUT2D eigenvalue weighted by atomic mass is 16.3. The molecule has 0 aromatic carbocycles. The Morgan fingerprint density at radius 2 is 2.08 bits per heavy atom. The van der Waals surface area contributed by atoms with E-state index in [-0.39, 0.29) is 12.0 Å². The molecular formula is C11H17NO. The van der Waals surface area contributed by atoms with Crippen LogP contribution in [-0.2, 0) is 13.0 Å². The van der Waals surface area contributed by atoms with Gasteiger partial charge in [-0.1, -0.05) is 20.8 Å². The summed E-state index contributed by atoms with van der Waals surface area (Å²) in [7, 11) is 0. The molecule has 0 radical (unpaired) electrons. The van der Waals surface area contributed by atoms with Crippen LogP contribution in [0.2, 0.25) is 0 Å². The first-order valence-corrected chi connectivity index (χ1v) is 4.56. The maximum Gasteiger partial charge on any atom is 0.0683 e. The largest absolute Gasteiger partial charge is 0.392 e. The van der Waals surface area contributed by atoms with Crippen LogP contribution in [0.25, 0.3) is 0 Å². The fraction of sp³-hybridized carbons (Fsp3) is 0.545. The van der Waals surface area contributed by atoms with Crippen molar-refractivity contribution in [3.8, 4) is 0 Å². The van der Waals surface area contributed by atoms with Crippen LogP contribution in [-0.4, -0.2) is 10.1 Å². The van der Waals surface area contributed by atoms with Gasteiger partial charge in [0.05, 0.1) is 6.61 Å². The maximum absolute atomic E-state index is 8.93. The minimum Gasteiger partial charge on any atom is -0.392 e. The SMILES string of the molecule is CC(C)(C)Cc1cc(CO)ccn1. The summed E-state index contributed by atoms with van der Waals surface area (Å²) in [6.45, 7) is 6.64. The average molecular weight is 179 g/mol. The minimum atomic E-state index is 0.0969. The summed E-state index contributed by atoms with van der Waals surface area (Å²) in [4.78, 5) is 4.26. The van der Waals surface area contributed by atoms with Gasteiger partial charge in [0.15, 0.2) is 0 Å². The topological polar surface area (TPSA) is 33.1 Å². The Balaban J connectivity index is 2.78. The van der Waals surface area contributed by atoms with Crippen LogP contribution in [0, 0.1) is 5.41 Å². The molecule has 1 heterocycles. The Bertz CT molecular complexity index is 276. The fourth-order valence-corrected chi connectivity index (χ4v) is 1.27. The van der Waals surface area contributed by atoms with E-state index in [4.69, 9.17) is 5.11 Å². The second-order valence-electron chi connectivity index (χ2n) is 4.55. The van der Waals surface area contributed by atoms with Crippen molar-refractivity contribution in [2.24, 2.45) is 5.41 Å². The van der Waals surface area contributed by atoms with Crippen molar-refractivity contribution in [3.05, 3.63) is 29.6 Å². The van der Waals surface area contributed by atoms with Crippen molar-refractivity contribution in [2.45, 2.75) is 33.8 Å². The van der Waals surface area contributed by atoms with Crippen molar-refractivity contribution in [2.75, 3.05) is 0 Å². The molecule has 0 atom stereocenters. The van der Waals surface area contributed by atoms with Crippen LogP contribution in [0.4, 0.5) is 0 Å². The van der Waals surface area contributed by atoms with Gasteiger partial charge >= 0.3 is 0 Å². The molecule has 0 fully saturated rings. The lowest BCUT2D eigenvalue weighted by atomic mass is 9.90. The standard InChI is InChI=1S/C11H17NO/c1-11(2,3)7-10-6-9(8-13)4-5-12-10/h4-6,13H,7-8H2,1-3H3. The molecule has 0 unspecified atom stereocenters. The van der Waals surface area contributed by atoms with E-state index in [1.807, 2.05) is 12.1 Å². The van der Waals surface area contributed by atoms with Gasteiger partial charge in [0, 0.05) is 11.9 Å². The summed E-state index contributed by atoms with van der Waals surface area (Å²) in [5, 5.41) is 8.93. The van der Waals surface area contributed by atoms with E-state index in [1.54, 1.807) is 6.20 Å². The lowest BCUT2D eigenvalue weighted by Gasteiger charge is -2.17. The summed E-state index contributed by atoms with van der Waals surface area (Å²) < 4.78 is 0.